The van der Waals surface area contributed by atoms with Crippen LogP contribution in [0, 0.1) is 22.7 Å². The maximum Gasteiger partial charge on any atom is 0.251 e. The molecule has 82 valence electrons. The first-order valence-corrected chi connectivity index (χ1v) is 4.69. The van der Waals surface area contributed by atoms with Crippen LogP contribution in [0.3, 0.4) is 0 Å². The maximum absolute atomic E-state index is 11.4. The van der Waals surface area contributed by atoms with Crippen molar-refractivity contribution < 1.29 is 4.79 Å². The SMILES string of the molecule is CCCC(C(=O)NN)N(CC#N)CC#N. The Bertz CT molecular complexity index is 261. The van der Waals surface area contributed by atoms with Gasteiger partial charge in [0.25, 0.3) is 5.91 Å². The van der Waals surface area contributed by atoms with E-state index in [1.54, 1.807) is 0 Å². The number of rotatable bonds is 6. The van der Waals surface area contributed by atoms with Crippen molar-refractivity contribution in [3.63, 3.8) is 0 Å². The van der Waals surface area contributed by atoms with Gasteiger partial charge >= 0.3 is 0 Å². The van der Waals surface area contributed by atoms with Gasteiger partial charge in [0.15, 0.2) is 0 Å². The third kappa shape index (κ3) is 4.41. The third-order valence-corrected chi connectivity index (χ3v) is 2.00. The van der Waals surface area contributed by atoms with Crippen LogP contribution in [0.2, 0.25) is 0 Å². The van der Waals surface area contributed by atoms with E-state index in [2.05, 4.69) is 0 Å². The average Bonchev–Trinajstić information content (AvgIpc) is 2.25. The van der Waals surface area contributed by atoms with Crippen LogP contribution in [0.1, 0.15) is 19.8 Å². The Kier molecular flexibility index (Phi) is 6.90. The van der Waals surface area contributed by atoms with Crippen molar-refractivity contribution in [1.29, 1.82) is 10.5 Å². The second kappa shape index (κ2) is 7.74. The van der Waals surface area contributed by atoms with Gasteiger partial charge in [0.2, 0.25) is 0 Å². The molecule has 0 aliphatic carbocycles. The molecular weight excluding hydrogens is 194 g/mol. The molecule has 1 amide bonds. The van der Waals surface area contributed by atoms with E-state index in [4.69, 9.17) is 16.4 Å². The van der Waals surface area contributed by atoms with E-state index in [9.17, 15) is 4.79 Å². The highest BCUT2D eigenvalue weighted by Gasteiger charge is 2.23. The summed E-state index contributed by atoms with van der Waals surface area (Å²) in [5, 5.41) is 17.1. The lowest BCUT2D eigenvalue weighted by Gasteiger charge is -2.25. The number of nitrogens with zero attached hydrogens (tertiary/aromatic N) is 3. The predicted octanol–water partition coefficient (Wildman–Crippen LogP) is -0.506. The summed E-state index contributed by atoms with van der Waals surface area (Å²) in [4.78, 5) is 12.9. The van der Waals surface area contributed by atoms with Crippen molar-refractivity contribution in [3.8, 4) is 12.1 Å². The molecule has 0 aromatic rings. The van der Waals surface area contributed by atoms with Gasteiger partial charge in [0, 0.05) is 0 Å². The normalized spacial score (nSPS) is 11.5. The van der Waals surface area contributed by atoms with Crippen molar-refractivity contribution >= 4 is 5.91 Å². The van der Waals surface area contributed by atoms with Crippen LogP contribution in [0.5, 0.6) is 0 Å². The van der Waals surface area contributed by atoms with Crippen molar-refractivity contribution in [3.05, 3.63) is 0 Å². The van der Waals surface area contributed by atoms with Gasteiger partial charge in [-0.15, -0.1) is 0 Å². The van der Waals surface area contributed by atoms with Crippen LogP contribution >= 0.6 is 0 Å². The Morgan fingerprint density at radius 2 is 2.00 bits per heavy atom. The lowest BCUT2D eigenvalue weighted by Crippen LogP contribution is -2.49. The Labute approximate surface area is 89.2 Å². The lowest BCUT2D eigenvalue weighted by atomic mass is 10.1. The Balaban J connectivity index is 4.60. The largest absolute Gasteiger partial charge is 0.293 e. The molecule has 0 heterocycles. The summed E-state index contributed by atoms with van der Waals surface area (Å²) in [6.45, 7) is 2.02. The van der Waals surface area contributed by atoms with E-state index in [1.807, 2.05) is 24.5 Å². The molecule has 0 aromatic carbocycles. The van der Waals surface area contributed by atoms with E-state index in [-0.39, 0.29) is 19.0 Å². The Hall–Kier alpha value is -1.63. The van der Waals surface area contributed by atoms with E-state index >= 15 is 0 Å². The Morgan fingerprint density at radius 3 is 2.33 bits per heavy atom. The highest BCUT2D eigenvalue weighted by Crippen LogP contribution is 2.06. The summed E-state index contributed by atoms with van der Waals surface area (Å²) < 4.78 is 0. The minimum atomic E-state index is -0.501. The summed E-state index contributed by atoms with van der Waals surface area (Å²) in [5.41, 5.74) is 2.05. The topological polar surface area (TPSA) is 106 Å². The number of nitrogens with one attached hydrogen (secondary N) is 1. The predicted molar refractivity (Wildman–Crippen MR) is 53.8 cm³/mol. The first-order valence-electron chi connectivity index (χ1n) is 4.69. The van der Waals surface area contributed by atoms with Crippen LogP contribution in [0.15, 0.2) is 0 Å². The van der Waals surface area contributed by atoms with Crippen LogP contribution < -0.4 is 11.3 Å². The van der Waals surface area contributed by atoms with Crippen LogP contribution in [0.4, 0.5) is 0 Å². The highest BCUT2D eigenvalue weighted by atomic mass is 16.2. The molecule has 0 aliphatic rings. The highest BCUT2D eigenvalue weighted by molar-refractivity contribution is 5.81. The van der Waals surface area contributed by atoms with Gasteiger partial charge in [-0.2, -0.15) is 10.5 Å². The summed E-state index contributed by atoms with van der Waals surface area (Å²) in [7, 11) is 0. The van der Waals surface area contributed by atoms with Gasteiger partial charge in [-0.3, -0.25) is 15.1 Å². The number of nitrogens with two attached hydrogens (primary N) is 1. The summed E-state index contributed by atoms with van der Waals surface area (Å²) in [5.74, 6) is 4.68. The molecule has 3 N–H and O–H groups in total. The van der Waals surface area contributed by atoms with E-state index in [1.165, 1.54) is 4.90 Å². The fraction of sp³-hybridized carbons (Fsp3) is 0.667. The van der Waals surface area contributed by atoms with Gasteiger partial charge in [0.05, 0.1) is 31.3 Å². The van der Waals surface area contributed by atoms with Gasteiger partial charge in [0.1, 0.15) is 0 Å². The standard InChI is InChI=1S/C9H15N5O/c1-2-3-8(9(15)13-12)14(6-4-10)7-5-11/h8H,2-3,6-7,12H2,1H3,(H,13,15). The van der Waals surface area contributed by atoms with E-state index in [0.717, 1.165) is 6.42 Å². The summed E-state index contributed by atoms with van der Waals surface area (Å²) >= 11 is 0. The average molecular weight is 209 g/mol. The molecule has 6 nitrogen and oxygen atoms in total. The minimum absolute atomic E-state index is 0.0473. The second-order valence-electron chi connectivity index (χ2n) is 3.03. The van der Waals surface area contributed by atoms with Gasteiger partial charge in [-0.25, -0.2) is 5.84 Å². The molecule has 6 heteroatoms. The van der Waals surface area contributed by atoms with Gasteiger partial charge in [-0.05, 0) is 6.42 Å². The van der Waals surface area contributed by atoms with Crippen molar-refractivity contribution in [2.45, 2.75) is 25.8 Å². The van der Waals surface area contributed by atoms with Gasteiger partial charge < -0.3 is 0 Å². The molecule has 1 atom stereocenters. The Morgan fingerprint density at radius 1 is 1.47 bits per heavy atom. The summed E-state index contributed by atoms with van der Waals surface area (Å²) in [6.07, 6.45) is 1.36. The smallest absolute Gasteiger partial charge is 0.251 e. The number of carbonyl (C=O) groups excluding carboxylic acids is 1. The number of hydrogen-bond donors (Lipinski definition) is 2. The third-order valence-electron chi connectivity index (χ3n) is 2.00. The van der Waals surface area contributed by atoms with E-state index in [0.29, 0.717) is 6.42 Å². The minimum Gasteiger partial charge on any atom is -0.293 e. The van der Waals surface area contributed by atoms with Gasteiger partial charge in [-0.1, -0.05) is 13.3 Å². The molecule has 15 heavy (non-hydrogen) atoms. The van der Waals surface area contributed by atoms with Crippen LogP contribution in [-0.4, -0.2) is 29.9 Å². The van der Waals surface area contributed by atoms with Crippen LogP contribution in [0.25, 0.3) is 0 Å². The number of amides is 1. The van der Waals surface area contributed by atoms with Crippen molar-refractivity contribution in [1.82, 2.24) is 10.3 Å². The summed E-state index contributed by atoms with van der Waals surface area (Å²) in [6, 6.07) is 3.35. The molecule has 0 saturated carbocycles. The number of hydrazine groups is 1. The number of hydrogen-bond acceptors (Lipinski definition) is 5. The van der Waals surface area contributed by atoms with Crippen molar-refractivity contribution in [2.24, 2.45) is 5.84 Å². The number of carbonyl (C=O) groups is 1. The zero-order chi connectivity index (χ0) is 11.7. The maximum atomic E-state index is 11.4. The number of nitriles is 2. The zero-order valence-corrected chi connectivity index (χ0v) is 8.73. The first kappa shape index (κ1) is 13.4. The second-order valence-corrected chi connectivity index (χ2v) is 3.03. The van der Waals surface area contributed by atoms with Crippen LogP contribution in [-0.2, 0) is 4.79 Å². The molecule has 0 saturated heterocycles. The molecule has 0 aromatic heterocycles. The molecular formula is C9H15N5O. The zero-order valence-electron chi connectivity index (χ0n) is 8.73. The molecule has 0 bridgehead atoms. The fourth-order valence-electron chi connectivity index (χ4n) is 1.31. The molecule has 1 unspecified atom stereocenters. The quantitative estimate of drug-likeness (QED) is 0.265. The van der Waals surface area contributed by atoms with E-state index < -0.39 is 6.04 Å². The molecule has 0 spiro atoms. The molecule has 0 rings (SSSR count). The lowest BCUT2D eigenvalue weighted by molar-refractivity contribution is -0.126. The van der Waals surface area contributed by atoms with Crippen molar-refractivity contribution in [2.75, 3.05) is 13.1 Å². The monoisotopic (exact) mass is 209 g/mol. The molecule has 0 aliphatic heterocycles. The fourth-order valence-corrected chi connectivity index (χ4v) is 1.31. The first-order chi connectivity index (χ1) is 7.21. The molecule has 0 fully saturated rings. The molecule has 0 radical (unpaired) electrons.